The lowest BCUT2D eigenvalue weighted by molar-refractivity contribution is 0.457. The van der Waals surface area contributed by atoms with Gasteiger partial charge in [0.05, 0.1) is 11.2 Å². The molecule has 1 rings (SSSR count). The second-order valence-corrected chi connectivity index (χ2v) is 4.28. The van der Waals surface area contributed by atoms with Crippen LogP contribution in [0.5, 0.6) is 0 Å². The largest absolute Gasteiger partial charge is 0.309 e. The first-order valence-electron chi connectivity index (χ1n) is 4.85. The summed E-state index contributed by atoms with van der Waals surface area (Å²) >= 11 is 1.66. The summed E-state index contributed by atoms with van der Waals surface area (Å²) in [6.45, 7) is 7.73. The van der Waals surface area contributed by atoms with Crippen LogP contribution < -0.4 is 5.32 Å². The van der Waals surface area contributed by atoms with E-state index in [1.165, 1.54) is 6.42 Å². The number of hydrogen-bond acceptors (Lipinski definition) is 3. The predicted octanol–water partition coefficient (Wildman–Crippen LogP) is 2.84. The van der Waals surface area contributed by atoms with Crippen molar-refractivity contribution in [3.63, 3.8) is 0 Å². The molecule has 3 heteroatoms. The molecule has 1 aromatic heterocycles. The van der Waals surface area contributed by atoms with Gasteiger partial charge in [0.25, 0.3) is 0 Å². The molecule has 2 unspecified atom stereocenters. The lowest BCUT2D eigenvalue weighted by Crippen LogP contribution is -2.24. The molecule has 0 saturated heterocycles. The van der Waals surface area contributed by atoms with Crippen molar-refractivity contribution in [2.75, 3.05) is 6.54 Å². The number of thiazole rings is 1. The number of aromatic nitrogens is 1. The third kappa shape index (κ3) is 3.44. The molecular formula is C10H18N2S. The van der Waals surface area contributed by atoms with Crippen molar-refractivity contribution in [2.24, 2.45) is 5.92 Å². The van der Waals surface area contributed by atoms with Gasteiger partial charge in [0.2, 0.25) is 0 Å². The average Bonchev–Trinajstić information content (AvgIpc) is 2.66. The summed E-state index contributed by atoms with van der Waals surface area (Å²) < 4.78 is 0. The summed E-state index contributed by atoms with van der Waals surface area (Å²) in [5.41, 5.74) is 3.05. The van der Waals surface area contributed by atoms with Crippen molar-refractivity contribution < 1.29 is 0 Å². The van der Waals surface area contributed by atoms with Gasteiger partial charge in [-0.2, -0.15) is 0 Å². The highest BCUT2D eigenvalue weighted by atomic mass is 32.1. The molecule has 2 atom stereocenters. The van der Waals surface area contributed by atoms with Crippen LogP contribution in [-0.2, 0) is 0 Å². The Morgan fingerprint density at radius 2 is 2.31 bits per heavy atom. The maximum atomic E-state index is 4.28. The van der Waals surface area contributed by atoms with Gasteiger partial charge < -0.3 is 5.32 Å². The highest BCUT2D eigenvalue weighted by Crippen LogP contribution is 2.12. The molecule has 2 nitrogen and oxygen atoms in total. The Morgan fingerprint density at radius 3 is 2.85 bits per heavy atom. The Morgan fingerprint density at radius 1 is 1.54 bits per heavy atom. The van der Waals surface area contributed by atoms with Crippen LogP contribution in [0.15, 0.2) is 10.9 Å². The van der Waals surface area contributed by atoms with E-state index in [0.29, 0.717) is 6.04 Å². The molecule has 13 heavy (non-hydrogen) atoms. The standard InChI is InChI=1S/C10H18N2S/c1-4-8(2)5-11-9(3)10-6-13-7-12-10/h6-9,11H,4-5H2,1-3H3. The van der Waals surface area contributed by atoms with Crippen molar-refractivity contribution in [1.82, 2.24) is 10.3 Å². The van der Waals surface area contributed by atoms with Gasteiger partial charge in [-0.3, -0.25) is 0 Å². The second kappa shape index (κ2) is 5.35. The molecule has 0 amide bonds. The van der Waals surface area contributed by atoms with E-state index in [1.54, 1.807) is 11.3 Å². The van der Waals surface area contributed by atoms with Crippen LogP contribution >= 0.6 is 11.3 Å². The summed E-state index contributed by atoms with van der Waals surface area (Å²) in [5.74, 6) is 0.751. The number of nitrogens with zero attached hydrogens (tertiary/aromatic N) is 1. The van der Waals surface area contributed by atoms with Crippen LogP contribution in [0.2, 0.25) is 0 Å². The monoisotopic (exact) mass is 198 g/mol. The molecular weight excluding hydrogens is 180 g/mol. The van der Waals surface area contributed by atoms with E-state index >= 15 is 0 Å². The Hall–Kier alpha value is -0.410. The Bertz CT molecular complexity index is 221. The smallest absolute Gasteiger partial charge is 0.0795 e. The average molecular weight is 198 g/mol. The second-order valence-electron chi connectivity index (χ2n) is 3.56. The molecule has 1 N–H and O–H groups in total. The van der Waals surface area contributed by atoms with Crippen LogP contribution in [0, 0.1) is 5.92 Å². The van der Waals surface area contributed by atoms with Gasteiger partial charge in [0.15, 0.2) is 0 Å². The fourth-order valence-corrected chi connectivity index (χ4v) is 1.71. The lowest BCUT2D eigenvalue weighted by atomic mass is 10.1. The van der Waals surface area contributed by atoms with E-state index in [9.17, 15) is 0 Å². The number of hydrogen-bond donors (Lipinski definition) is 1. The van der Waals surface area contributed by atoms with E-state index in [1.807, 2.05) is 5.51 Å². The first-order chi connectivity index (χ1) is 6.24. The van der Waals surface area contributed by atoms with Crippen LogP contribution in [0.25, 0.3) is 0 Å². The molecule has 74 valence electrons. The van der Waals surface area contributed by atoms with Crippen molar-refractivity contribution in [2.45, 2.75) is 33.2 Å². The SMILES string of the molecule is CCC(C)CNC(C)c1cscn1. The van der Waals surface area contributed by atoms with E-state index in [0.717, 1.165) is 18.2 Å². The Labute approximate surface area is 84.4 Å². The lowest BCUT2D eigenvalue weighted by Gasteiger charge is -2.14. The minimum Gasteiger partial charge on any atom is -0.309 e. The number of nitrogens with one attached hydrogen (secondary N) is 1. The maximum Gasteiger partial charge on any atom is 0.0795 e. The molecule has 0 aliphatic rings. The summed E-state index contributed by atoms with van der Waals surface area (Å²) in [6, 6.07) is 0.389. The molecule has 0 fully saturated rings. The minimum absolute atomic E-state index is 0.389. The molecule has 0 aromatic carbocycles. The molecule has 0 saturated carbocycles. The van der Waals surface area contributed by atoms with Gasteiger partial charge in [-0.05, 0) is 19.4 Å². The van der Waals surface area contributed by atoms with Crippen molar-refractivity contribution in [1.29, 1.82) is 0 Å². The van der Waals surface area contributed by atoms with Crippen LogP contribution in [0.4, 0.5) is 0 Å². The summed E-state index contributed by atoms with van der Waals surface area (Å²) in [6.07, 6.45) is 1.23. The summed E-state index contributed by atoms with van der Waals surface area (Å²) in [4.78, 5) is 4.28. The fraction of sp³-hybridized carbons (Fsp3) is 0.700. The minimum atomic E-state index is 0.389. The molecule has 1 heterocycles. The molecule has 0 spiro atoms. The van der Waals surface area contributed by atoms with Crippen molar-refractivity contribution in [3.05, 3.63) is 16.6 Å². The zero-order valence-corrected chi connectivity index (χ0v) is 9.40. The normalized spacial score (nSPS) is 15.6. The summed E-state index contributed by atoms with van der Waals surface area (Å²) in [7, 11) is 0. The topological polar surface area (TPSA) is 24.9 Å². The fourth-order valence-electron chi connectivity index (χ4n) is 1.06. The van der Waals surface area contributed by atoms with Crippen molar-refractivity contribution >= 4 is 11.3 Å². The van der Waals surface area contributed by atoms with Gasteiger partial charge in [0, 0.05) is 11.4 Å². The quantitative estimate of drug-likeness (QED) is 0.787. The van der Waals surface area contributed by atoms with E-state index in [2.05, 4.69) is 36.5 Å². The molecule has 0 aliphatic carbocycles. The Kier molecular flexibility index (Phi) is 4.39. The van der Waals surface area contributed by atoms with E-state index in [-0.39, 0.29) is 0 Å². The van der Waals surface area contributed by atoms with Gasteiger partial charge >= 0.3 is 0 Å². The van der Waals surface area contributed by atoms with Crippen molar-refractivity contribution in [3.8, 4) is 0 Å². The third-order valence-corrected chi connectivity index (χ3v) is 2.97. The van der Waals surface area contributed by atoms with Crippen LogP contribution in [0.1, 0.15) is 38.9 Å². The van der Waals surface area contributed by atoms with Gasteiger partial charge in [-0.1, -0.05) is 20.3 Å². The third-order valence-electron chi connectivity index (χ3n) is 2.36. The molecule has 0 bridgehead atoms. The molecule has 0 aliphatic heterocycles. The molecule has 0 radical (unpaired) electrons. The van der Waals surface area contributed by atoms with Crippen LogP contribution in [0.3, 0.4) is 0 Å². The highest BCUT2D eigenvalue weighted by molar-refractivity contribution is 7.07. The predicted molar refractivity (Wildman–Crippen MR) is 58.0 cm³/mol. The zero-order chi connectivity index (χ0) is 9.68. The van der Waals surface area contributed by atoms with E-state index < -0.39 is 0 Å². The van der Waals surface area contributed by atoms with E-state index in [4.69, 9.17) is 0 Å². The zero-order valence-electron chi connectivity index (χ0n) is 8.58. The maximum absolute atomic E-state index is 4.28. The van der Waals surface area contributed by atoms with Gasteiger partial charge in [0.1, 0.15) is 0 Å². The molecule has 1 aromatic rings. The first-order valence-corrected chi connectivity index (χ1v) is 5.79. The number of rotatable bonds is 5. The summed E-state index contributed by atoms with van der Waals surface area (Å²) in [5, 5.41) is 5.59. The first kappa shape index (κ1) is 10.7. The van der Waals surface area contributed by atoms with Gasteiger partial charge in [-0.25, -0.2) is 4.98 Å². The highest BCUT2D eigenvalue weighted by Gasteiger charge is 2.07. The Balaban J connectivity index is 2.30. The van der Waals surface area contributed by atoms with Gasteiger partial charge in [-0.15, -0.1) is 11.3 Å². The van der Waals surface area contributed by atoms with Crippen LogP contribution in [-0.4, -0.2) is 11.5 Å².